The third kappa shape index (κ3) is 4.55. The van der Waals surface area contributed by atoms with Crippen LogP contribution >= 0.6 is 11.8 Å². The van der Waals surface area contributed by atoms with E-state index < -0.39 is 10.0 Å². The molecule has 0 atom stereocenters. The van der Waals surface area contributed by atoms with Gasteiger partial charge in [0.05, 0.1) is 10.6 Å². The Balaban J connectivity index is 1.23. The smallest absolute Gasteiger partial charge is 0.265 e. The van der Waals surface area contributed by atoms with Gasteiger partial charge in [-0.2, -0.15) is 11.8 Å². The summed E-state index contributed by atoms with van der Waals surface area (Å²) < 4.78 is 40.8. The molecule has 8 heteroatoms. The highest BCUT2D eigenvalue weighted by atomic mass is 32.2. The van der Waals surface area contributed by atoms with Crippen LogP contribution in [0, 0.1) is 5.82 Å². The average Bonchev–Trinajstić information content (AvgIpc) is 2.98. The van der Waals surface area contributed by atoms with Gasteiger partial charge in [0.1, 0.15) is 5.82 Å². The number of thioether (sulfide) groups is 1. The largest absolute Gasteiger partial charge is 0.355 e. The summed E-state index contributed by atoms with van der Waals surface area (Å²) in [5.74, 6) is 0.909. The second kappa shape index (κ2) is 9.28. The van der Waals surface area contributed by atoms with Gasteiger partial charge in [-0.25, -0.2) is 12.8 Å². The standard InChI is InChI=1S/C23H23FN2O3S2/c24-19-9-2-1-6-18(19)16-30-15-13-25-22(27)12-5-14-26-20-10-3-7-17-8-4-11-21(23(17)20)31(26,28)29/h1-4,6-11H,5,12-16H2,(H,25,27). The Hall–Kier alpha value is -2.58. The molecular weight excluding hydrogens is 435 g/mol. The fourth-order valence-electron chi connectivity index (χ4n) is 3.73. The maximum absolute atomic E-state index is 13.6. The molecule has 1 N–H and O–H groups in total. The van der Waals surface area contributed by atoms with Crippen molar-refractivity contribution in [3.05, 3.63) is 72.0 Å². The molecule has 3 aromatic rings. The molecule has 0 aromatic heterocycles. The number of nitrogens with one attached hydrogen (secondary N) is 1. The van der Waals surface area contributed by atoms with Crippen LogP contribution < -0.4 is 9.62 Å². The summed E-state index contributed by atoms with van der Waals surface area (Å²) in [5, 5.41) is 4.49. The number of hydrogen-bond donors (Lipinski definition) is 1. The van der Waals surface area contributed by atoms with Crippen LogP contribution in [0.3, 0.4) is 0 Å². The zero-order valence-electron chi connectivity index (χ0n) is 16.9. The molecular formula is C23H23FN2O3S2. The lowest BCUT2D eigenvalue weighted by Gasteiger charge is -2.18. The summed E-state index contributed by atoms with van der Waals surface area (Å²) in [6.45, 7) is 0.746. The molecule has 0 saturated carbocycles. The zero-order valence-corrected chi connectivity index (χ0v) is 18.5. The van der Waals surface area contributed by atoms with E-state index in [1.807, 2.05) is 24.3 Å². The van der Waals surface area contributed by atoms with Crippen molar-refractivity contribution >= 4 is 44.2 Å². The van der Waals surface area contributed by atoms with E-state index in [2.05, 4.69) is 5.32 Å². The quantitative estimate of drug-likeness (QED) is 0.485. The summed E-state index contributed by atoms with van der Waals surface area (Å²) >= 11 is 1.55. The lowest BCUT2D eigenvalue weighted by Crippen LogP contribution is -2.30. The second-order valence-corrected chi connectivity index (χ2v) is 10.2. The van der Waals surface area contributed by atoms with E-state index in [1.54, 1.807) is 42.1 Å². The highest BCUT2D eigenvalue weighted by molar-refractivity contribution is 7.98. The van der Waals surface area contributed by atoms with Gasteiger partial charge < -0.3 is 5.32 Å². The highest BCUT2D eigenvalue weighted by Gasteiger charge is 2.34. The molecule has 4 rings (SSSR count). The molecule has 0 unspecified atom stereocenters. The van der Waals surface area contributed by atoms with Crippen LogP contribution in [0.2, 0.25) is 0 Å². The predicted octanol–water partition coefficient (Wildman–Crippen LogP) is 4.32. The van der Waals surface area contributed by atoms with E-state index >= 15 is 0 Å². The molecule has 31 heavy (non-hydrogen) atoms. The number of halogens is 1. The van der Waals surface area contributed by atoms with Crippen LogP contribution in [-0.4, -0.2) is 33.2 Å². The molecule has 0 radical (unpaired) electrons. The first-order valence-corrected chi connectivity index (χ1v) is 12.7. The van der Waals surface area contributed by atoms with Crippen molar-refractivity contribution in [3.63, 3.8) is 0 Å². The van der Waals surface area contributed by atoms with Gasteiger partial charge in [-0.1, -0.05) is 42.5 Å². The molecule has 0 fully saturated rings. The first-order chi connectivity index (χ1) is 15.0. The summed E-state index contributed by atoms with van der Waals surface area (Å²) in [7, 11) is -3.58. The zero-order chi connectivity index (χ0) is 21.8. The molecule has 0 spiro atoms. The van der Waals surface area contributed by atoms with Crippen molar-refractivity contribution < 1.29 is 17.6 Å². The minimum Gasteiger partial charge on any atom is -0.355 e. The Kier molecular flexibility index (Phi) is 6.48. The van der Waals surface area contributed by atoms with Crippen molar-refractivity contribution in [1.29, 1.82) is 0 Å². The fourth-order valence-corrected chi connectivity index (χ4v) is 6.32. The lowest BCUT2D eigenvalue weighted by molar-refractivity contribution is -0.121. The highest BCUT2D eigenvalue weighted by Crippen LogP contribution is 2.41. The topological polar surface area (TPSA) is 66.5 Å². The molecule has 1 heterocycles. The lowest BCUT2D eigenvalue weighted by atomic mass is 10.1. The van der Waals surface area contributed by atoms with Gasteiger partial charge in [-0.3, -0.25) is 9.10 Å². The Labute approximate surface area is 185 Å². The summed E-state index contributed by atoms with van der Waals surface area (Å²) in [6, 6.07) is 17.5. The van der Waals surface area contributed by atoms with Crippen LogP contribution in [-0.2, 0) is 20.6 Å². The maximum atomic E-state index is 13.6. The third-order valence-electron chi connectivity index (χ3n) is 5.23. The number of carbonyl (C=O) groups excluding carboxylic acids is 1. The van der Waals surface area contributed by atoms with E-state index in [9.17, 15) is 17.6 Å². The van der Waals surface area contributed by atoms with Crippen LogP contribution in [0.15, 0.2) is 65.6 Å². The van der Waals surface area contributed by atoms with Crippen molar-refractivity contribution in [2.45, 2.75) is 23.5 Å². The van der Waals surface area contributed by atoms with Crippen molar-refractivity contribution in [3.8, 4) is 0 Å². The van der Waals surface area contributed by atoms with E-state index in [0.717, 1.165) is 10.8 Å². The third-order valence-corrected chi connectivity index (χ3v) is 8.09. The van der Waals surface area contributed by atoms with Gasteiger partial charge in [-0.15, -0.1) is 0 Å². The minimum atomic E-state index is -3.58. The number of carbonyl (C=O) groups is 1. The number of sulfonamides is 1. The Bertz CT molecular complexity index is 1210. The Morgan fingerprint density at radius 1 is 1.03 bits per heavy atom. The molecule has 3 aromatic carbocycles. The summed E-state index contributed by atoms with van der Waals surface area (Å²) in [6.07, 6.45) is 0.675. The molecule has 1 amide bonds. The van der Waals surface area contributed by atoms with Crippen molar-refractivity contribution in [1.82, 2.24) is 5.32 Å². The Morgan fingerprint density at radius 2 is 1.81 bits per heavy atom. The first-order valence-electron chi connectivity index (χ1n) is 10.1. The Morgan fingerprint density at radius 3 is 2.61 bits per heavy atom. The predicted molar refractivity (Wildman–Crippen MR) is 123 cm³/mol. The average molecular weight is 459 g/mol. The molecule has 1 aliphatic heterocycles. The monoisotopic (exact) mass is 458 g/mol. The molecule has 162 valence electrons. The number of hydrogen-bond acceptors (Lipinski definition) is 4. The molecule has 0 saturated heterocycles. The SMILES string of the molecule is O=C(CCCN1c2cccc3cccc(c23)S1(=O)=O)NCCSCc1ccccc1F. The van der Waals surface area contributed by atoms with Gasteiger partial charge in [0.15, 0.2) is 0 Å². The summed E-state index contributed by atoms with van der Waals surface area (Å²) in [4.78, 5) is 12.5. The number of rotatable bonds is 9. The fraction of sp³-hybridized carbons (Fsp3) is 0.261. The van der Waals surface area contributed by atoms with E-state index in [-0.39, 0.29) is 24.7 Å². The number of benzene rings is 3. The van der Waals surface area contributed by atoms with Crippen LogP contribution in [0.25, 0.3) is 10.8 Å². The van der Waals surface area contributed by atoms with Crippen molar-refractivity contribution in [2.24, 2.45) is 0 Å². The van der Waals surface area contributed by atoms with Gasteiger partial charge >= 0.3 is 0 Å². The molecule has 1 aliphatic rings. The molecule has 5 nitrogen and oxygen atoms in total. The first kappa shape index (κ1) is 21.6. The van der Waals surface area contributed by atoms with Crippen LogP contribution in [0.5, 0.6) is 0 Å². The summed E-state index contributed by atoms with van der Waals surface area (Å²) in [5.41, 5.74) is 1.33. The normalized spacial score (nSPS) is 14.2. The molecule has 0 bridgehead atoms. The minimum absolute atomic E-state index is 0.112. The van der Waals surface area contributed by atoms with Gasteiger partial charge in [0, 0.05) is 36.4 Å². The number of nitrogens with zero attached hydrogens (tertiary/aromatic N) is 1. The van der Waals surface area contributed by atoms with Gasteiger partial charge in [0.2, 0.25) is 5.91 Å². The van der Waals surface area contributed by atoms with E-state index in [4.69, 9.17) is 0 Å². The molecule has 0 aliphatic carbocycles. The van der Waals surface area contributed by atoms with E-state index in [1.165, 1.54) is 10.4 Å². The number of anilines is 1. The van der Waals surface area contributed by atoms with E-state index in [0.29, 0.717) is 40.6 Å². The number of amides is 1. The maximum Gasteiger partial charge on any atom is 0.265 e. The van der Waals surface area contributed by atoms with Crippen LogP contribution in [0.1, 0.15) is 18.4 Å². The second-order valence-electron chi connectivity index (χ2n) is 7.31. The van der Waals surface area contributed by atoms with Crippen LogP contribution in [0.4, 0.5) is 10.1 Å². The van der Waals surface area contributed by atoms with Gasteiger partial charge in [-0.05, 0) is 35.6 Å². The van der Waals surface area contributed by atoms with Gasteiger partial charge in [0.25, 0.3) is 10.0 Å². The van der Waals surface area contributed by atoms with Crippen molar-refractivity contribution in [2.75, 3.05) is 23.1 Å².